The number of halogens is 1. The minimum atomic E-state index is -0.371. The van der Waals surface area contributed by atoms with Crippen LogP contribution in [0.2, 0.25) is 0 Å². The Hall–Kier alpha value is -2.06. The van der Waals surface area contributed by atoms with Crippen LogP contribution in [0.5, 0.6) is 5.75 Å². The number of anilines is 3. The lowest BCUT2D eigenvalue weighted by molar-refractivity contribution is 0.413. The third-order valence-electron chi connectivity index (χ3n) is 2.46. The van der Waals surface area contributed by atoms with Crippen LogP contribution in [-0.4, -0.2) is 23.3 Å². The smallest absolute Gasteiger partial charge is 0.191 e. The molecule has 6 nitrogen and oxygen atoms in total. The van der Waals surface area contributed by atoms with Crippen molar-refractivity contribution in [3.8, 4) is 5.75 Å². The SMILES string of the molecule is COc1cc(F)ccc1Nc1cc(NN)nc(SC)n1. The van der Waals surface area contributed by atoms with Gasteiger partial charge in [0.15, 0.2) is 5.16 Å². The normalized spacial score (nSPS) is 10.2. The topological polar surface area (TPSA) is 85.1 Å². The number of rotatable bonds is 5. The monoisotopic (exact) mass is 295 g/mol. The minimum Gasteiger partial charge on any atom is -0.494 e. The second kappa shape index (κ2) is 6.40. The molecule has 0 saturated heterocycles. The van der Waals surface area contributed by atoms with Crippen molar-refractivity contribution in [2.45, 2.75) is 5.16 Å². The second-order valence-corrected chi connectivity index (χ2v) is 4.51. The number of ether oxygens (including phenoxy) is 1. The lowest BCUT2D eigenvalue weighted by Crippen LogP contribution is -2.10. The average molecular weight is 295 g/mol. The molecule has 20 heavy (non-hydrogen) atoms. The molecular weight excluding hydrogens is 281 g/mol. The number of nitrogens with two attached hydrogens (primary N) is 1. The predicted molar refractivity (Wildman–Crippen MR) is 77.9 cm³/mol. The fourth-order valence-electron chi connectivity index (χ4n) is 1.56. The van der Waals surface area contributed by atoms with Crippen LogP contribution in [-0.2, 0) is 0 Å². The highest BCUT2D eigenvalue weighted by Gasteiger charge is 2.08. The van der Waals surface area contributed by atoms with Gasteiger partial charge in [0.25, 0.3) is 0 Å². The lowest BCUT2D eigenvalue weighted by atomic mass is 10.3. The number of nitrogens with zero attached hydrogens (tertiary/aromatic N) is 2. The lowest BCUT2D eigenvalue weighted by Gasteiger charge is -2.12. The van der Waals surface area contributed by atoms with Crippen LogP contribution in [0.4, 0.5) is 21.7 Å². The van der Waals surface area contributed by atoms with Gasteiger partial charge < -0.3 is 15.5 Å². The molecule has 1 aromatic carbocycles. The summed E-state index contributed by atoms with van der Waals surface area (Å²) in [5.74, 6) is 6.38. The van der Waals surface area contributed by atoms with Crippen LogP contribution in [0.1, 0.15) is 0 Å². The number of nitrogen functional groups attached to an aromatic ring is 1. The van der Waals surface area contributed by atoms with E-state index in [0.717, 1.165) is 0 Å². The van der Waals surface area contributed by atoms with E-state index in [9.17, 15) is 4.39 Å². The quantitative estimate of drug-likeness (QED) is 0.338. The van der Waals surface area contributed by atoms with Crippen LogP contribution in [0, 0.1) is 5.82 Å². The largest absolute Gasteiger partial charge is 0.494 e. The Morgan fingerprint density at radius 1 is 1.25 bits per heavy atom. The molecule has 0 saturated carbocycles. The summed E-state index contributed by atoms with van der Waals surface area (Å²) in [5, 5.41) is 3.61. The van der Waals surface area contributed by atoms with Crippen LogP contribution in [0.3, 0.4) is 0 Å². The average Bonchev–Trinajstić information content (AvgIpc) is 2.48. The second-order valence-electron chi connectivity index (χ2n) is 3.74. The Bertz CT molecular complexity index is 588. The van der Waals surface area contributed by atoms with E-state index in [0.29, 0.717) is 28.2 Å². The fourth-order valence-corrected chi connectivity index (χ4v) is 1.94. The van der Waals surface area contributed by atoms with E-state index in [1.165, 1.54) is 31.0 Å². The van der Waals surface area contributed by atoms with Crippen LogP contribution in [0.25, 0.3) is 0 Å². The van der Waals surface area contributed by atoms with E-state index in [1.54, 1.807) is 12.1 Å². The molecule has 0 unspecified atom stereocenters. The van der Waals surface area contributed by atoms with Crippen molar-refractivity contribution in [2.75, 3.05) is 24.1 Å². The first kappa shape index (κ1) is 14.4. The highest BCUT2D eigenvalue weighted by Crippen LogP contribution is 2.28. The molecule has 4 N–H and O–H groups in total. The summed E-state index contributed by atoms with van der Waals surface area (Å²) in [4.78, 5) is 8.44. The Kier molecular flexibility index (Phi) is 4.59. The Labute approximate surface area is 119 Å². The summed E-state index contributed by atoms with van der Waals surface area (Å²) in [6, 6.07) is 5.85. The van der Waals surface area contributed by atoms with Crippen molar-refractivity contribution < 1.29 is 9.13 Å². The molecule has 0 aliphatic heterocycles. The van der Waals surface area contributed by atoms with Gasteiger partial charge in [0.05, 0.1) is 12.8 Å². The number of hydrogen-bond acceptors (Lipinski definition) is 7. The zero-order valence-corrected chi connectivity index (χ0v) is 11.8. The molecule has 0 aliphatic rings. The molecule has 0 atom stereocenters. The van der Waals surface area contributed by atoms with Gasteiger partial charge in [-0.15, -0.1) is 0 Å². The van der Waals surface area contributed by atoms with E-state index in [4.69, 9.17) is 10.6 Å². The van der Waals surface area contributed by atoms with Crippen molar-refractivity contribution in [1.29, 1.82) is 0 Å². The Balaban J connectivity index is 2.34. The zero-order valence-electron chi connectivity index (χ0n) is 11.0. The summed E-state index contributed by atoms with van der Waals surface area (Å²) < 4.78 is 18.3. The maximum absolute atomic E-state index is 13.1. The van der Waals surface area contributed by atoms with E-state index < -0.39 is 0 Å². The number of nitrogens with one attached hydrogen (secondary N) is 2. The van der Waals surface area contributed by atoms with E-state index in [1.807, 2.05) is 6.26 Å². The first-order chi connectivity index (χ1) is 9.66. The maximum atomic E-state index is 13.1. The standard InChI is InChI=1S/C12H14FN5OS/c1-19-9-5-7(13)3-4-8(9)15-10-6-11(18-14)17-12(16-10)20-2/h3-6H,14H2,1-2H3,(H2,15,16,17,18). The molecule has 2 rings (SSSR count). The Morgan fingerprint density at radius 3 is 2.65 bits per heavy atom. The molecule has 0 aliphatic carbocycles. The van der Waals surface area contributed by atoms with E-state index in [-0.39, 0.29) is 5.82 Å². The maximum Gasteiger partial charge on any atom is 0.191 e. The molecule has 2 aromatic rings. The van der Waals surface area contributed by atoms with Crippen molar-refractivity contribution >= 4 is 29.1 Å². The zero-order chi connectivity index (χ0) is 14.5. The number of benzene rings is 1. The summed E-state index contributed by atoms with van der Waals surface area (Å²) in [6.07, 6.45) is 1.86. The fraction of sp³-hybridized carbons (Fsp3) is 0.167. The van der Waals surface area contributed by atoms with Crippen molar-refractivity contribution in [1.82, 2.24) is 9.97 Å². The molecule has 1 aromatic heterocycles. The summed E-state index contributed by atoms with van der Waals surface area (Å²) in [7, 11) is 1.47. The van der Waals surface area contributed by atoms with Gasteiger partial charge in [0.1, 0.15) is 23.2 Å². The van der Waals surface area contributed by atoms with Crippen LogP contribution < -0.4 is 21.3 Å². The van der Waals surface area contributed by atoms with Crippen molar-refractivity contribution in [2.24, 2.45) is 5.84 Å². The number of aromatic nitrogens is 2. The van der Waals surface area contributed by atoms with Gasteiger partial charge >= 0.3 is 0 Å². The van der Waals surface area contributed by atoms with Gasteiger partial charge in [-0.3, -0.25) is 0 Å². The molecular formula is C12H14FN5OS. The molecule has 1 heterocycles. The molecule has 0 bridgehead atoms. The molecule has 0 amide bonds. The van der Waals surface area contributed by atoms with Gasteiger partial charge in [0, 0.05) is 12.1 Å². The number of thioether (sulfide) groups is 1. The molecule has 0 radical (unpaired) electrons. The third-order valence-corrected chi connectivity index (χ3v) is 3.01. The third kappa shape index (κ3) is 3.28. The summed E-state index contributed by atoms with van der Waals surface area (Å²) in [5.41, 5.74) is 3.07. The highest BCUT2D eigenvalue weighted by molar-refractivity contribution is 7.98. The molecule has 0 fully saturated rings. The molecule has 0 spiro atoms. The van der Waals surface area contributed by atoms with Gasteiger partial charge in [-0.25, -0.2) is 20.2 Å². The van der Waals surface area contributed by atoms with Gasteiger partial charge in [0.2, 0.25) is 0 Å². The number of hydrazine groups is 1. The van der Waals surface area contributed by atoms with Crippen molar-refractivity contribution in [3.05, 3.63) is 30.1 Å². The first-order valence-corrected chi connectivity index (χ1v) is 6.89. The van der Waals surface area contributed by atoms with E-state index in [2.05, 4.69) is 20.7 Å². The predicted octanol–water partition coefficient (Wildman–Crippen LogP) is 2.38. The highest BCUT2D eigenvalue weighted by atomic mass is 32.2. The molecule has 106 valence electrons. The summed E-state index contributed by atoms with van der Waals surface area (Å²) in [6.45, 7) is 0. The van der Waals surface area contributed by atoms with Crippen LogP contribution >= 0.6 is 11.8 Å². The van der Waals surface area contributed by atoms with Crippen LogP contribution in [0.15, 0.2) is 29.4 Å². The van der Waals surface area contributed by atoms with E-state index >= 15 is 0 Å². The van der Waals surface area contributed by atoms with Gasteiger partial charge in [-0.1, -0.05) is 11.8 Å². The Morgan fingerprint density at radius 2 is 2.00 bits per heavy atom. The first-order valence-electron chi connectivity index (χ1n) is 5.66. The number of hydrogen-bond donors (Lipinski definition) is 3. The number of methoxy groups -OCH3 is 1. The molecule has 8 heteroatoms. The minimum absolute atomic E-state index is 0.371. The van der Waals surface area contributed by atoms with Crippen molar-refractivity contribution in [3.63, 3.8) is 0 Å². The van der Waals surface area contributed by atoms with Gasteiger partial charge in [-0.2, -0.15) is 0 Å². The van der Waals surface area contributed by atoms with Gasteiger partial charge in [-0.05, 0) is 18.4 Å². The summed E-state index contributed by atoms with van der Waals surface area (Å²) >= 11 is 1.39.